The van der Waals surface area contributed by atoms with Gasteiger partial charge in [-0.3, -0.25) is 14.4 Å². The van der Waals surface area contributed by atoms with Gasteiger partial charge in [-0.1, -0.05) is 29.8 Å². The van der Waals surface area contributed by atoms with Gasteiger partial charge in [-0.05, 0) is 59.7 Å². The second kappa shape index (κ2) is 12.6. The number of carboxylic acid groups (broad SMARTS) is 3. The highest BCUT2D eigenvalue weighted by atomic mass is 35.5. The standard InChI is InChI=1S/C30H34ClFN2O9/c1-33(2)26(37)18(11-17-5-3-4-6-23(17)31)15-34-9-7-29(8-10-34)22-13-19(32)12-20(21(22)16-43-29)25(27(38)39)30(42,28(40)41)14-24(35)36/h3-6,12-13,18,25,42H,7-11,14-16H2,1-2H3,(H,35,36)(H,38,39)(H,40,41). The first-order valence-electron chi connectivity index (χ1n) is 13.7. The van der Waals surface area contributed by atoms with E-state index < -0.39 is 47.3 Å². The smallest absolute Gasteiger partial charge is 0.337 e. The number of rotatable bonds is 11. The SMILES string of the molecule is CN(C)C(=O)C(Cc1ccccc1Cl)CN1CCC2(CC1)OCc1c(C(C(=O)O)C(O)(CC(=O)O)C(=O)O)cc(F)cc12. The van der Waals surface area contributed by atoms with Crippen LogP contribution in [0.1, 0.15) is 47.4 Å². The van der Waals surface area contributed by atoms with Crippen molar-refractivity contribution in [3.8, 4) is 0 Å². The molecule has 2 aliphatic rings. The van der Waals surface area contributed by atoms with E-state index in [1.807, 2.05) is 18.2 Å². The third kappa shape index (κ3) is 6.52. The third-order valence-corrected chi connectivity index (χ3v) is 8.78. The molecule has 0 saturated carbocycles. The number of halogens is 2. The molecule has 3 unspecified atom stereocenters. The molecule has 232 valence electrons. The molecule has 13 heteroatoms. The van der Waals surface area contributed by atoms with Crippen LogP contribution >= 0.6 is 11.6 Å². The molecule has 3 atom stereocenters. The predicted octanol–water partition coefficient (Wildman–Crippen LogP) is 2.71. The monoisotopic (exact) mass is 620 g/mol. The molecule has 2 aromatic carbocycles. The molecular formula is C30H34ClFN2O9. The lowest BCUT2D eigenvalue weighted by Gasteiger charge is -2.40. The summed E-state index contributed by atoms with van der Waals surface area (Å²) in [6.07, 6.45) is -0.236. The molecule has 0 aliphatic carbocycles. The number of likely N-dealkylation sites (tertiary alicyclic amines) is 1. The summed E-state index contributed by atoms with van der Waals surface area (Å²) >= 11 is 6.36. The zero-order valence-electron chi connectivity index (χ0n) is 23.8. The Hall–Kier alpha value is -3.58. The van der Waals surface area contributed by atoms with E-state index in [1.165, 1.54) is 11.0 Å². The zero-order valence-corrected chi connectivity index (χ0v) is 24.5. The van der Waals surface area contributed by atoms with Crippen molar-refractivity contribution in [2.45, 2.75) is 49.4 Å². The molecule has 11 nitrogen and oxygen atoms in total. The van der Waals surface area contributed by atoms with Crippen LogP contribution in [0, 0.1) is 11.7 Å². The summed E-state index contributed by atoms with van der Waals surface area (Å²) in [7, 11) is 3.38. The minimum absolute atomic E-state index is 0.0543. The van der Waals surface area contributed by atoms with Crippen molar-refractivity contribution in [3.63, 3.8) is 0 Å². The molecule has 1 fully saturated rings. The molecule has 2 aliphatic heterocycles. The van der Waals surface area contributed by atoms with Gasteiger partial charge in [-0.2, -0.15) is 0 Å². The number of aliphatic hydroxyl groups is 1. The van der Waals surface area contributed by atoms with Crippen LogP contribution in [0.5, 0.6) is 0 Å². The average molecular weight is 621 g/mol. The van der Waals surface area contributed by atoms with Gasteiger partial charge in [-0.15, -0.1) is 0 Å². The average Bonchev–Trinajstić information content (AvgIpc) is 3.27. The fourth-order valence-corrected chi connectivity index (χ4v) is 6.46. The second-order valence-corrected chi connectivity index (χ2v) is 11.8. The number of ether oxygens (including phenoxy) is 1. The van der Waals surface area contributed by atoms with E-state index in [9.17, 15) is 39.6 Å². The number of carbonyl (C=O) groups excluding carboxylic acids is 1. The van der Waals surface area contributed by atoms with Crippen molar-refractivity contribution in [3.05, 3.63) is 69.5 Å². The first-order chi connectivity index (χ1) is 20.2. The molecule has 4 N–H and O–H groups in total. The van der Waals surface area contributed by atoms with Crippen LogP contribution in [0.15, 0.2) is 36.4 Å². The molecular weight excluding hydrogens is 587 g/mol. The van der Waals surface area contributed by atoms with Gasteiger partial charge >= 0.3 is 17.9 Å². The maximum absolute atomic E-state index is 15.0. The predicted molar refractivity (Wildman–Crippen MR) is 151 cm³/mol. The van der Waals surface area contributed by atoms with Crippen molar-refractivity contribution >= 4 is 35.4 Å². The van der Waals surface area contributed by atoms with Gasteiger partial charge in [0.25, 0.3) is 0 Å². The van der Waals surface area contributed by atoms with E-state index in [0.717, 1.165) is 11.6 Å². The molecule has 1 saturated heterocycles. The number of hydrogen-bond donors (Lipinski definition) is 4. The Morgan fingerprint density at radius 3 is 2.33 bits per heavy atom. The van der Waals surface area contributed by atoms with E-state index in [2.05, 4.69) is 4.90 Å². The summed E-state index contributed by atoms with van der Waals surface area (Å²) in [6.45, 7) is 1.18. The van der Waals surface area contributed by atoms with Gasteiger partial charge < -0.3 is 35.0 Å². The number of hydrogen-bond acceptors (Lipinski definition) is 7. The molecule has 2 heterocycles. The molecule has 2 aromatic rings. The molecule has 1 amide bonds. The van der Waals surface area contributed by atoms with Crippen LogP contribution < -0.4 is 0 Å². The molecule has 0 bridgehead atoms. The van der Waals surface area contributed by atoms with E-state index in [4.69, 9.17) is 16.3 Å². The van der Waals surface area contributed by atoms with E-state index in [0.29, 0.717) is 49.5 Å². The highest BCUT2D eigenvalue weighted by molar-refractivity contribution is 6.31. The Morgan fingerprint density at radius 1 is 1.12 bits per heavy atom. The largest absolute Gasteiger partial charge is 0.481 e. The number of amides is 1. The quantitative estimate of drug-likeness (QED) is 0.293. The number of aliphatic carboxylic acids is 3. The number of nitrogens with zero attached hydrogens (tertiary/aromatic N) is 2. The normalized spacial score (nSPS) is 18.8. The summed E-state index contributed by atoms with van der Waals surface area (Å²) in [5.74, 6) is -9.18. The van der Waals surface area contributed by atoms with E-state index >= 15 is 4.39 Å². The Kier molecular flexibility index (Phi) is 9.45. The number of piperidine rings is 1. The van der Waals surface area contributed by atoms with Crippen molar-refractivity contribution < 1.29 is 48.7 Å². The van der Waals surface area contributed by atoms with E-state index in [-0.39, 0.29) is 29.6 Å². The Labute approximate surface area is 252 Å². The Morgan fingerprint density at radius 2 is 1.77 bits per heavy atom. The van der Waals surface area contributed by atoms with Crippen molar-refractivity contribution in [1.82, 2.24) is 9.80 Å². The van der Waals surface area contributed by atoms with Gasteiger partial charge in [0, 0.05) is 38.8 Å². The van der Waals surface area contributed by atoms with Crippen LogP contribution in [0.25, 0.3) is 0 Å². The van der Waals surface area contributed by atoms with Crippen molar-refractivity contribution in [1.29, 1.82) is 0 Å². The van der Waals surface area contributed by atoms with Crippen LogP contribution in [0.3, 0.4) is 0 Å². The van der Waals surface area contributed by atoms with Crippen LogP contribution in [0.2, 0.25) is 5.02 Å². The van der Waals surface area contributed by atoms with Crippen molar-refractivity contribution in [2.24, 2.45) is 5.92 Å². The maximum Gasteiger partial charge on any atom is 0.337 e. The Bertz CT molecular complexity index is 1430. The summed E-state index contributed by atoms with van der Waals surface area (Å²) < 4.78 is 21.2. The fourth-order valence-electron chi connectivity index (χ4n) is 6.24. The minimum atomic E-state index is -3.24. The molecule has 0 aromatic heterocycles. The topological polar surface area (TPSA) is 165 Å². The lowest BCUT2D eigenvalue weighted by atomic mass is 9.75. The number of carboxylic acids is 3. The van der Waals surface area contributed by atoms with Gasteiger partial charge in [0.2, 0.25) is 5.91 Å². The molecule has 1 spiro atoms. The highest BCUT2D eigenvalue weighted by Gasteiger charge is 2.53. The fraction of sp³-hybridized carbons (Fsp3) is 0.467. The number of fused-ring (bicyclic) bond motifs is 2. The van der Waals surface area contributed by atoms with Gasteiger partial charge in [-0.25, -0.2) is 9.18 Å². The van der Waals surface area contributed by atoms with E-state index in [1.54, 1.807) is 20.2 Å². The zero-order chi connectivity index (χ0) is 31.7. The summed E-state index contributed by atoms with van der Waals surface area (Å²) in [6, 6.07) is 9.36. The lowest BCUT2D eigenvalue weighted by Crippen LogP contribution is -2.49. The van der Waals surface area contributed by atoms with Gasteiger partial charge in [0.05, 0.1) is 24.5 Å². The summed E-state index contributed by atoms with van der Waals surface area (Å²) in [5, 5.41) is 40.2. The number of benzene rings is 2. The summed E-state index contributed by atoms with van der Waals surface area (Å²) in [4.78, 5) is 52.3. The van der Waals surface area contributed by atoms with Gasteiger partial charge in [0.1, 0.15) is 11.7 Å². The first-order valence-corrected chi connectivity index (χ1v) is 14.1. The first kappa shape index (κ1) is 32.3. The van der Waals surface area contributed by atoms with Crippen LogP contribution in [0.4, 0.5) is 4.39 Å². The Balaban J connectivity index is 1.60. The van der Waals surface area contributed by atoms with Crippen LogP contribution in [-0.4, -0.2) is 93.4 Å². The lowest BCUT2D eigenvalue weighted by molar-refractivity contribution is -0.173. The maximum atomic E-state index is 15.0. The minimum Gasteiger partial charge on any atom is -0.481 e. The van der Waals surface area contributed by atoms with Crippen LogP contribution in [-0.2, 0) is 42.5 Å². The summed E-state index contributed by atoms with van der Waals surface area (Å²) in [5.41, 5.74) is -3.19. The third-order valence-electron chi connectivity index (χ3n) is 8.42. The highest BCUT2D eigenvalue weighted by Crippen LogP contribution is 2.48. The molecule has 43 heavy (non-hydrogen) atoms. The molecule has 4 rings (SSSR count). The molecule has 0 radical (unpaired) electrons. The van der Waals surface area contributed by atoms with Gasteiger partial charge in [0.15, 0.2) is 5.60 Å². The number of carbonyl (C=O) groups is 4. The van der Waals surface area contributed by atoms with Crippen molar-refractivity contribution in [2.75, 3.05) is 33.7 Å². The second-order valence-electron chi connectivity index (χ2n) is 11.4.